The highest BCUT2D eigenvalue weighted by molar-refractivity contribution is 7.92. The van der Waals surface area contributed by atoms with E-state index < -0.39 is 34.3 Å². The largest absolute Gasteiger partial charge is 0.497 e. The van der Waals surface area contributed by atoms with Crippen molar-refractivity contribution < 1.29 is 27.1 Å². The molecule has 1 N–H and O–H groups in total. The lowest BCUT2D eigenvalue weighted by Crippen LogP contribution is -2.54. The molecule has 0 unspecified atom stereocenters. The van der Waals surface area contributed by atoms with Crippen LogP contribution in [0.1, 0.15) is 37.0 Å². The summed E-state index contributed by atoms with van der Waals surface area (Å²) in [6.07, 6.45) is 0.899. The number of sulfonamides is 1. The molecule has 242 valence electrons. The van der Waals surface area contributed by atoms with Crippen molar-refractivity contribution in [2.75, 3.05) is 18.0 Å². The molecular formula is C36H40FN3O5S. The van der Waals surface area contributed by atoms with Gasteiger partial charge in [-0.15, -0.1) is 0 Å². The van der Waals surface area contributed by atoms with Crippen LogP contribution >= 0.6 is 0 Å². The van der Waals surface area contributed by atoms with Gasteiger partial charge in [-0.25, -0.2) is 12.8 Å². The van der Waals surface area contributed by atoms with Crippen LogP contribution in [0.15, 0.2) is 108 Å². The van der Waals surface area contributed by atoms with Crippen molar-refractivity contribution in [3.63, 3.8) is 0 Å². The number of carbonyl (C=O) groups is 2. The van der Waals surface area contributed by atoms with E-state index in [2.05, 4.69) is 5.32 Å². The summed E-state index contributed by atoms with van der Waals surface area (Å²) in [6.45, 7) is 5.20. The zero-order valence-electron chi connectivity index (χ0n) is 26.5. The summed E-state index contributed by atoms with van der Waals surface area (Å²) in [5.74, 6) is -1.03. The first-order valence-electron chi connectivity index (χ1n) is 15.1. The molecule has 0 aromatic heterocycles. The zero-order valence-corrected chi connectivity index (χ0v) is 27.3. The van der Waals surface area contributed by atoms with Gasteiger partial charge in [0.2, 0.25) is 11.8 Å². The standard InChI is InChI=1S/C36H40FN3O5S/c1-5-27(3)38-36(42)34(23-28-12-7-6-8-13-28)39(24-29-14-10-9-11-26(29)2)35(41)25-40(31-17-15-30(37)16-18-31)46(43,44)33-21-19-32(45-4)20-22-33/h6-22,27,34H,5,23-25H2,1-4H3,(H,38,42)/t27-,34+/m1/s1. The molecule has 4 aromatic rings. The average Bonchev–Trinajstić information content (AvgIpc) is 3.06. The summed E-state index contributed by atoms with van der Waals surface area (Å²) in [4.78, 5) is 29.8. The predicted octanol–water partition coefficient (Wildman–Crippen LogP) is 5.89. The Morgan fingerprint density at radius 3 is 2.13 bits per heavy atom. The molecule has 8 nitrogen and oxygen atoms in total. The summed E-state index contributed by atoms with van der Waals surface area (Å²) in [6, 6.07) is 26.5. The molecule has 2 atom stereocenters. The number of rotatable bonds is 14. The number of hydrogen-bond donors (Lipinski definition) is 1. The Morgan fingerprint density at radius 2 is 1.52 bits per heavy atom. The highest BCUT2D eigenvalue weighted by atomic mass is 32.2. The Bertz CT molecular complexity index is 1720. The molecule has 4 rings (SSSR count). The Kier molecular flexibility index (Phi) is 11.5. The third-order valence-corrected chi connectivity index (χ3v) is 9.70. The molecule has 0 aliphatic rings. The maximum atomic E-state index is 14.5. The van der Waals surface area contributed by atoms with Crippen LogP contribution < -0.4 is 14.4 Å². The Labute approximate surface area is 270 Å². The maximum absolute atomic E-state index is 14.5. The smallest absolute Gasteiger partial charge is 0.264 e. The minimum atomic E-state index is -4.32. The fraction of sp³-hybridized carbons (Fsp3) is 0.278. The lowest BCUT2D eigenvalue weighted by atomic mass is 10.0. The number of methoxy groups -OCH3 is 1. The van der Waals surface area contributed by atoms with Crippen molar-refractivity contribution in [2.24, 2.45) is 0 Å². The van der Waals surface area contributed by atoms with Crippen LogP contribution in [0.25, 0.3) is 0 Å². The van der Waals surface area contributed by atoms with Crippen LogP contribution in [0.2, 0.25) is 0 Å². The molecule has 0 saturated heterocycles. The van der Waals surface area contributed by atoms with E-state index in [0.29, 0.717) is 12.2 Å². The second-order valence-electron chi connectivity index (χ2n) is 11.1. The van der Waals surface area contributed by atoms with Gasteiger partial charge in [0.15, 0.2) is 0 Å². The second-order valence-corrected chi connectivity index (χ2v) is 13.0. The highest BCUT2D eigenvalue weighted by Crippen LogP contribution is 2.27. The van der Waals surface area contributed by atoms with E-state index in [1.807, 2.05) is 75.4 Å². The maximum Gasteiger partial charge on any atom is 0.264 e. The fourth-order valence-corrected chi connectivity index (χ4v) is 6.39. The van der Waals surface area contributed by atoms with Crippen molar-refractivity contribution in [3.05, 3.63) is 126 Å². The Hall–Kier alpha value is -4.70. The van der Waals surface area contributed by atoms with Crippen LogP contribution in [0.5, 0.6) is 5.75 Å². The van der Waals surface area contributed by atoms with Crippen LogP contribution in [0.4, 0.5) is 10.1 Å². The monoisotopic (exact) mass is 645 g/mol. The second kappa shape index (κ2) is 15.5. The van der Waals surface area contributed by atoms with Gasteiger partial charge in [-0.3, -0.25) is 13.9 Å². The molecule has 46 heavy (non-hydrogen) atoms. The van der Waals surface area contributed by atoms with Crippen molar-refractivity contribution in [2.45, 2.75) is 57.1 Å². The lowest BCUT2D eigenvalue weighted by molar-refractivity contribution is -0.140. The van der Waals surface area contributed by atoms with Gasteiger partial charge in [-0.05, 0) is 85.5 Å². The molecule has 0 heterocycles. The molecular weight excluding hydrogens is 605 g/mol. The van der Waals surface area contributed by atoms with Gasteiger partial charge >= 0.3 is 0 Å². The molecule has 0 aliphatic heterocycles. The van der Waals surface area contributed by atoms with Crippen molar-refractivity contribution in [1.29, 1.82) is 0 Å². The molecule has 10 heteroatoms. The number of ether oxygens (including phenoxy) is 1. The summed E-state index contributed by atoms with van der Waals surface area (Å²) in [7, 11) is -2.85. The van der Waals surface area contributed by atoms with Gasteiger partial charge in [-0.2, -0.15) is 0 Å². The number of amides is 2. The summed E-state index contributed by atoms with van der Waals surface area (Å²) >= 11 is 0. The topological polar surface area (TPSA) is 96.0 Å². The third-order valence-electron chi connectivity index (χ3n) is 7.91. The molecule has 0 saturated carbocycles. The summed E-state index contributed by atoms with van der Waals surface area (Å²) in [5, 5.41) is 3.03. The minimum absolute atomic E-state index is 0.0662. The minimum Gasteiger partial charge on any atom is -0.497 e. The number of benzene rings is 4. The number of carbonyl (C=O) groups excluding carboxylic acids is 2. The highest BCUT2D eigenvalue weighted by Gasteiger charge is 2.35. The Balaban J connectivity index is 1.81. The number of halogens is 1. The molecule has 0 aliphatic carbocycles. The normalized spacial score (nSPS) is 12.5. The first-order chi connectivity index (χ1) is 22.0. The quantitative estimate of drug-likeness (QED) is 0.185. The fourth-order valence-electron chi connectivity index (χ4n) is 4.98. The molecule has 0 radical (unpaired) electrons. The summed E-state index contributed by atoms with van der Waals surface area (Å²) in [5.41, 5.74) is 2.68. The van der Waals surface area contributed by atoms with Gasteiger partial charge in [0.25, 0.3) is 10.0 Å². The van der Waals surface area contributed by atoms with E-state index in [1.165, 1.54) is 48.4 Å². The van der Waals surface area contributed by atoms with Crippen LogP contribution in [-0.2, 0) is 32.6 Å². The van der Waals surface area contributed by atoms with Gasteiger partial charge in [0.1, 0.15) is 24.2 Å². The first kappa shape index (κ1) is 34.2. The molecule has 4 aromatic carbocycles. The number of aryl methyl sites for hydroxylation is 1. The molecule has 0 bridgehead atoms. The van der Waals surface area contributed by atoms with Gasteiger partial charge in [0.05, 0.1) is 17.7 Å². The molecule has 2 amide bonds. The zero-order chi connectivity index (χ0) is 33.3. The molecule has 0 fully saturated rings. The van der Waals surface area contributed by atoms with Crippen molar-refractivity contribution in [3.8, 4) is 5.75 Å². The number of nitrogens with one attached hydrogen (secondary N) is 1. The van der Waals surface area contributed by atoms with Crippen molar-refractivity contribution >= 4 is 27.5 Å². The Morgan fingerprint density at radius 1 is 0.891 bits per heavy atom. The van der Waals surface area contributed by atoms with E-state index in [0.717, 1.165) is 33.1 Å². The number of anilines is 1. The van der Waals surface area contributed by atoms with Crippen LogP contribution in [0.3, 0.4) is 0 Å². The van der Waals surface area contributed by atoms with E-state index >= 15 is 0 Å². The van der Waals surface area contributed by atoms with E-state index in [1.54, 1.807) is 0 Å². The third kappa shape index (κ3) is 8.51. The number of nitrogens with zero attached hydrogens (tertiary/aromatic N) is 2. The van der Waals surface area contributed by atoms with Gasteiger partial charge < -0.3 is 15.0 Å². The summed E-state index contributed by atoms with van der Waals surface area (Å²) < 4.78 is 48.3. The lowest BCUT2D eigenvalue weighted by Gasteiger charge is -2.34. The number of hydrogen-bond acceptors (Lipinski definition) is 5. The van der Waals surface area contributed by atoms with Crippen molar-refractivity contribution in [1.82, 2.24) is 10.2 Å². The predicted molar refractivity (Wildman–Crippen MR) is 177 cm³/mol. The van der Waals surface area contributed by atoms with E-state index in [4.69, 9.17) is 4.74 Å². The first-order valence-corrected chi connectivity index (χ1v) is 16.6. The molecule has 0 spiro atoms. The van der Waals surface area contributed by atoms with Gasteiger partial charge in [-0.1, -0.05) is 61.5 Å². The van der Waals surface area contributed by atoms with Crippen LogP contribution in [-0.4, -0.2) is 50.9 Å². The van der Waals surface area contributed by atoms with Gasteiger partial charge in [0, 0.05) is 19.0 Å². The SMILES string of the molecule is CC[C@@H](C)NC(=O)[C@H](Cc1ccccc1)N(Cc1ccccc1C)C(=O)CN(c1ccc(F)cc1)S(=O)(=O)c1ccc(OC)cc1. The van der Waals surface area contributed by atoms with E-state index in [-0.39, 0.29) is 35.5 Å². The van der Waals surface area contributed by atoms with Crippen LogP contribution in [0, 0.1) is 12.7 Å². The average molecular weight is 646 g/mol. The van der Waals surface area contributed by atoms with E-state index in [9.17, 15) is 22.4 Å².